The van der Waals surface area contributed by atoms with Crippen molar-refractivity contribution in [2.24, 2.45) is 0 Å². The van der Waals surface area contributed by atoms with Crippen LogP contribution >= 0.6 is 11.3 Å². The molecule has 0 fully saturated rings. The van der Waals surface area contributed by atoms with Gasteiger partial charge in [-0.3, -0.25) is 4.90 Å². The van der Waals surface area contributed by atoms with E-state index < -0.39 is 40.2 Å². The van der Waals surface area contributed by atoms with Gasteiger partial charge in [0, 0.05) is 30.1 Å². The molecule has 6 nitrogen and oxygen atoms in total. The van der Waals surface area contributed by atoms with E-state index in [0.717, 1.165) is 36.9 Å². The van der Waals surface area contributed by atoms with E-state index in [1.807, 2.05) is 0 Å². The summed E-state index contributed by atoms with van der Waals surface area (Å²) in [4.78, 5) is 2.00. The lowest BCUT2D eigenvalue weighted by atomic mass is 10.1. The largest absolute Gasteiger partial charge is 0.497 e. The van der Waals surface area contributed by atoms with E-state index in [-0.39, 0.29) is 16.7 Å². The molecule has 1 aromatic heterocycles. The van der Waals surface area contributed by atoms with E-state index in [1.165, 1.54) is 53.9 Å². The number of halogens is 1. The van der Waals surface area contributed by atoms with Gasteiger partial charge in [0.05, 0.1) is 21.8 Å². The van der Waals surface area contributed by atoms with Crippen molar-refractivity contribution in [1.29, 1.82) is 0 Å². The summed E-state index contributed by atoms with van der Waals surface area (Å²) in [6.07, 6.45) is 0. The summed E-state index contributed by atoms with van der Waals surface area (Å²) in [5.74, 6) is -0.833. The fourth-order valence-electron chi connectivity index (χ4n) is 4.47. The molecule has 2 heterocycles. The Kier molecular flexibility index (Phi) is 6.70. The number of benzene rings is 3. The Labute approximate surface area is 219 Å². The molecule has 0 amide bonds. The molecule has 0 saturated heterocycles. The Hall–Kier alpha value is -3.05. The molecule has 1 aliphatic heterocycles. The summed E-state index contributed by atoms with van der Waals surface area (Å²) in [6, 6.07) is 17.2. The first-order chi connectivity index (χ1) is 17.6. The Balaban J connectivity index is 1.51. The first kappa shape index (κ1) is 25.6. The number of hydrogen-bond acceptors (Lipinski definition) is 7. The molecule has 0 unspecified atom stereocenters. The van der Waals surface area contributed by atoms with Crippen LogP contribution in [-0.2, 0) is 32.8 Å². The molecule has 1 atom stereocenters. The number of fused-ring (bicyclic) bond motifs is 1. The number of sulfone groups is 2. The number of rotatable bonds is 7. The van der Waals surface area contributed by atoms with E-state index in [1.54, 1.807) is 23.5 Å². The van der Waals surface area contributed by atoms with Crippen molar-refractivity contribution in [3.05, 3.63) is 100.0 Å². The number of nitrogens with zero attached hydrogens (tertiary/aromatic N) is 1. The summed E-state index contributed by atoms with van der Waals surface area (Å²) in [5.41, 5.74) is 2.27. The second-order valence-corrected chi connectivity index (χ2v) is 13.6. The van der Waals surface area contributed by atoms with E-state index in [2.05, 4.69) is 23.3 Å². The summed E-state index contributed by atoms with van der Waals surface area (Å²) in [5, 5.41) is 2.09. The third kappa shape index (κ3) is 4.59. The zero-order valence-electron chi connectivity index (χ0n) is 20.1. The Morgan fingerprint density at radius 2 is 1.59 bits per heavy atom. The molecule has 10 heteroatoms. The van der Waals surface area contributed by atoms with Crippen molar-refractivity contribution in [3.63, 3.8) is 0 Å². The Morgan fingerprint density at radius 1 is 0.865 bits per heavy atom. The average Bonchev–Trinajstić information content (AvgIpc) is 3.51. The van der Waals surface area contributed by atoms with E-state index in [4.69, 9.17) is 4.74 Å². The first-order valence-corrected chi connectivity index (χ1v) is 15.3. The van der Waals surface area contributed by atoms with Gasteiger partial charge in [0.25, 0.3) is 0 Å². The van der Waals surface area contributed by atoms with Gasteiger partial charge >= 0.3 is 0 Å². The molecule has 4 aromatic rings. The monoisotopic (exact) mass is 557 g/mol. The standard InChI is InChI=1S/C27H24FNO5S3/c1-18(29-16-20-13-14-35-24(20)17-29)19-7-10-22(11-8-19)36(30,31)26-12-9-21(34-2)15-27(26)37(32,33)25-6-4-3-5-23(25)28/h3-15,18H,16-17H2,1-2H3/t18-/m0/s1. The van der Waals surface area contributed by atoms with Gasteiger partial charge in [-0.05, 0) is 65.9 Å². The molecule has 192 valence electrons. The molecule has 0 bridgehead atoms. The smallest absolute Gasteiger partial charge is 0.210 e. The van der Waals surface area contributed by atoms with Gasteiger partial charge < -0.3 is 4.74 Å². The van der Waals surface area contributed by atoms with Crippen molar-refractivity contribution in [2.75, 3.05) is 7.11 Å². The summed E-state index contributed by atoms with van der Waals surface area (Å²) in [7, 11) is -7.45. The predicted octanol–water partition coefficient (Wildman–Crippen LogP) is 5.64. The summed E-state index contributed by atoms with van der Waals surface area (Å²) < 4.78 is 73.8. The van der Waals surface area contributed by atoms with Crippen LogP contribution in [0.4, 0.5) is 4.39 Å². The normalized spacial score (nSPS) is 14.9. The molecule has 0 aliphatic carbocycles. The summed E-state index contributed by atoms with van der Waals surface area (Å²) in [6.45, 7) is 3.75. The fraction of sp³-hybridized carbons (Fsp3) is 0.185. The third-order valence-electron chi connectivity index (χ3n) is 6.63. The van der Waals surface area contributed by atoms with Crippen LogP contribution in [-0.4, -0.2) is 28.8 Å². The minimum Gasteiger partial charge on any atom is -0.497 e. The molecule has 37 heavy (non-hydrogen) atoms. The molecule has 3 aromatic carbocycles. The molecule has 0 saturated carbocycles. The van der Waals surface area contributed by atoms with Crippen LogP contribution in [0.1, 0.15) is 29.0 Å². The van der Waals surface area contributed by atoms with Gasteiger partial charge in [-0.25, -0.2) is 21.2 Å². The van der Waals surface area contributed by atoms with Crippen molar-refractivity contribution in [3.8, 4) is 5.75 Å². The number of thiophene rings is 1. The molecule has 0 N–H and O–H groups in total. The highest BCUT2D eigenvalue weighted by molar-refractivity contribution is 7.94. The number of ether oxygens (including phenoxy) is 1. The van der Waals surface area contributed by atoms with Crippen LogP contribution in [0.25, 0.3) is 0 Å². The van der Waals surface area contributed by atoms with Gasteiger partial charge in [-0.1, -0.05) is 24.3 Å². The lowest BCUT2D eigenvalue weighted by Crippen LogP contribution is -2.20. The minimum atomic E-state index is -4.52. The van der Waals surface area contributed by atoms with Crippen molar-refractivity contribution < 1.29 is 26.0 Å². The quantitative estimate of drug-likeness (QED) is 0.293. The molecular formula is C27H24FNO5S3. The van der Waals surface area contributed by atoms with Crippen LogP contribution in [0.5, 0.6) is 5.75 Å². The highest BCUT2D eigenvalue weighted by atomic mass is 32.2. The zero-order valence-corrected chi connectivity index (χ0v) is 22.5. The molecule has 0 spiro atoms. The summed E-state index contributed by atoms with van der Waals surface area (Å²) >= 11 is 1.73. The second-order valence-electron chi connectivity index (χ2n) is 8.77. The van der Waals surface area contributed by atoms with E-state index >= 15 is 0 Å². The van der Waals surface area contributed by atoms with Crippen LogP contribution in [0.3, 0.4) is 0 Å². The number of methoxy groups -OCH3 is 1. The minimum absolute atomic E-state index is 0.0564. The average molecular weight is 558 g/mol. The van der Waals surface area contributed by atoms with Gasteiger partial charge in [-0.15, -0.1) is 11.3 Å². The lowest BCUT2D eigenvalue weighted by Gasteiger charge is -2.24. The second kappa shape index (κ2) is 9.68. The van der Waals surface area contributed by atoms with Gasteiger partial charge in [0.1, 0.15) is 16.5 Å². The van der Waals surface area contributed by atoms with Crippen LogP contribution in [0.2, 0.25) is 0 Å². The van der Waals surface area contributed by atoms with E-state index in [0.29, 0.717) is 0 Å². The topological polar surface area (TPSA) is 80.8 Å². The zero-order chi connectivity index (χ0) is 26.4. The Morgan fingerprint density at radius 3 is 2.27 bits per heavy atom. The van der Waals surface area contributed by atoms with Crippen LogP contribution in [0, 0.1) is 5.82 Å². The van der Waals surface area contributed by atoms with Gasteiger partial charge in [-0.2, -0.15) is 0 Å². The molecule has 0 radical (unpaired) electrons. The SMILES string of the molecule is COc1ccc(S(=O)(=O)c2ccc([C@H](C)N3Cc4ccsc4C3)cc2)c(S(=O)(=O)c2ccccc2F)c1. The lowest BCUT2D eigenvalue weighted by molar-refractivity contribution is 0.216. The maximum atomic E-state index is 14.5. The van der Waals surface area contributed by atoms with Crippen molar-refractivity contribution >= 4 is 31.0 Å². The van der Waals surface area contributed by atoms with Crippen molar-refractivity contribution in [1.82, 2.24) is 4.90 Å². The maximum absolute atomic E-state index is 14.5. The van der Waals surface area contributed by atoms with E-state index in [9.17, 15) is 21.2 Å². The highest BCUT2D eigenvalue weighted by Crippen LogP contribution is 2.37. The highest BCUT2D eigenvalue weighted by Gasteiger charge is 2.32. The molecular weight excluding hydrogens is 533 g/mol. The first-order valence-electron chi connectivity index (χ1n) is 11.4. The number of hydrogen-bond donors (Lipinski definition) is 0. The molecule has 5 rings (SSSR count). The maximum Gasteiger partial charge on any atom is 0.210 e. The predicted molar refractivity (Wildman–Crippen MR) is 139 cm³/mol. The van der Waals surface area contributed by atoms with Crippen molar-refractivity contribution in [2.45, 2.75) is 45.6 Å². The van der Waals surface area contributed by atoms with Gasteiger partial charge in [0.2, 0.25) is 19.7 Å². The van der Waals surface area contributed by atoms with Gasteiger partial charge in [0.15, 0.2) is 0 Å². The Bertz CT molecular complexity index is 1660. The third-order valence-corrected chi connectivity index (χ3v) is 11.4. The van der Waals surface area contributed by atoms with Crippen LogP contribution in [0.15, 0.2) is 97.8 Å². The molecule has 1 aliphatic rings. The fourth-order valence-corrected chi connectivity index (χ4v) is 8.79. The van der Waals surface area contributed by atoms with Crippen LogP contribution < -0.4 is 4.74 Å².